The maximum Gasteiger partial charge on any atom is 0.333 e. The van der Waals surface area contributed by atoms with Crippen molar-refractivity contribution in [2.24, 2.45) is 0 Å². The number of thiazole rings is 1. The van der Waals surface area contributed by atoms with Crippen LogP contribution in [0.4, 0.5) is 14.5 Å². The van der Waals surface area contributed by atoms with Gasteiger partial charge in [0.1, 0.15) is 22.8 Å². The lowest BCUT2D eigenvalue weighted by Crippen LogP contribution is -2.36. The standard InChI is InChI=1S/C20H16F2N2O4S2/c1-2-28-19(26)9-18-24(20(27)16(30-18)7-12-5-6-29-11-12)10-17(25)23-15-4-3-13(21)8-14(15)22/h3-9,11H,2,10H2,1H3,(H,23,25). The quantitative estimate of drug-likeness (QED) is 0.584. The minimum atomic E-state index is -0.939. The number of hydrogen-bond donors (Lipinski definition) is 1. The lowest BCUT2D eigenvalue weighted by Gasteiger charge is -2.07. The minimum Gasteiger partial charge on any atom is -0.463 e. The summed E-state index contributed by atoms with van der Waals surface area (Å²) in [5.41, 5.74) is 0.119. The van der Waals surface area contributed by atoms with Crippen LogP contribution < -0.4 is 20.1 Å². The van der Waals surface area contributed by atoms with Gasteiger partial charge < -0.3 is 10.1 Å². The Morgan fingerprint density at radius 3 is 2.73 bits per heavy atom. The fourth-order valence-electron chi connectivity index (χ4n) is 2.51. The van der Waals surface area contributed by atoms with Crippen molar-refractivity contribution in [3.63, 3.8) is 0 Å². The normalized spacial score (nSPS) is 12.2. The number of anilines is 1. The highest BCUT2D eigenvalue weighted by Gasteiger charge is 2.13. The van der Waals surface area contributed by atoms with E-state index in [-0.39, 0.29) is 17.0 Å². The van der Waals surface area contributed by atoms with E-state index in [1.54, 1.807) is 13.0 Å². The topological polar surface area (TPSA) is 77.4 Å². The molecule has 1 amide bonds. The molecule has 0 saturated carbocycles. The molecule has 0 aliphatic carbocycles. The third-order valence-corrected chi connectivity index (χ3v) is 5.57. The van der Waals surface area contributed by atoms with Gasteiger partial charge in [0.05, 0.1) is 22.9 Å². The van der Waals surface area contributed by atoms with E-state index in [1.165, 1.54) is 11.3 Å². The van der Waals surface area contributed by atoms with Crippen LogP contribution in [0.5, 0.6) is 0 Å². The molecule has 0 atom stereocenters. The first kappa shape index (κ1) is 21.6. The zero-order valence-corrected chi connectivity index (χ0v) is 17.3. The second kappa shape index (κ2) is 9.59. The van der Waals surface area contributed by atoms with Crippen molar-refractivity contribution in [1.82, 2.24) is 4.57 Å². The number of thiophene rings is 1. The molecule has 0 fully saturated rings. The summed E-state index contributed by atoms with van der Waals surface area (Å²) in [6.07, 6.45) is 2.78. The second-order valence-electron chi connectivity index (χ2n) is 5.97. The van der Waals surface area contributed by atoms with Crippen molar-refractivity contribution in [3.05, 3.63) is 71.8 Å². The molecule has 0 aliphatic heterocycles. The van der Waals surface area contributed by atoms with Gasteiger partial charge in [-0.05, 0) is 47.5 Å². The second-order valence-corrected chi connectivity index (χ2v) is 7.81. The van der Waals surface area contributed by atoms with Gasteiger partial charge in [-0.1, -0.05) is 0 Å². The van der Waals surface area contributed by atoms with Gasteiger partial charge in [-0.2, -0.15) is 11.3 Å². The molecule has 1 aromatic carbocycles. The van der Waals surface area contributed by atoms with Crippen molar-refractivity contribution in [1.29, 1.82) is 0 Å². The first-order chi connectivity index (χ1) is 14.4. The number of esters is 1. The van der Waals surface area contributed by atoms with Gasteiger partial charge in [0.25, 0.3) is 5.56 Å². The minimum absolute atomic E-state index is 0.156. The van der Waals surface area contributed by atoms with E-state index in [9.17, 15) is 23.2 Å². The van der Waals surface area contributed by atoms with E-state index < -0.39 is 35.6 Å². The number of hydrogen-bond acceptors (Lipinski definition) is 6. The first-order valence-corrected chi connectivity index (χ1v) is 10.5. The predicted octanol–water partition coefficient (Wildman–Crippen LogP) is 2.06. The van der Waals surface area contributed by atoms with E-state index in [0.717, 1.165) is 39.7 Å². The number of carbonyl (C=O) groups excluding carboxylic acids is 2. The predicted molar refractivity (Wildman–Crippen MR) is 112 cm³/mol. The summed E-state index contributed by atoms with van der Waals surface area (Å²) in [6.45, 7) is 1.34. The summed E-state index contributed by atoms with van der Waals surface area (Å²) in [5, 5.41) is 6.00. The summed E-state index contributed by atoms with van der Waals surface area (Å²) < 4.78 is 33.4. The number of nitrogens with zero attached hydrogens (tertiary/aromatic N) is 1. The fourth-order valence-corrected chi connectivity index (χ4v) is 4.16. The fraction of sp³-hybridized carbons (Fsp3) is 0.150. The Hall–Kier alpha value is -3.11. The van der Waals surface area contributed by atoms with Gasteiger partial charge in [0.2, 0.25) is 5.91 Å². The van der Waals surface area contributed by atoms with Crippen LogP contribution in [0.3, 0.4) is 0 Å². The summed E-state index contributed by atoms with van der Waals surface area (Å²) in [5.74, 6) is -3.08. The maximum atomic E-state index is 13.8. The Morgan fingerprint density at radius 2 is 2.07 bits per heavy atom. The van der Waals surface area contributed by atoms with Gasteiger partial charge in [-0.3, -0.25) is 14.2 Å². The molecule has 2 heterocycles. The zero-order valence-electron chi connectivity index (χ0n) is 15.7. The van der Waals surface area contributed by atoms with E-state index in [1.807, 2.05) is 16.8 Å². The molecule has 1 N–H and O–H groups in total. The van der Waals surface area contributed by atoms with Crippen molar-refractivity contribution >= 4 is 52.4 Å². The number of amides is 1. The van der Waals surface area contributed by atoms with Gasteiger partial charge in [0, 0.05) is 6.07 Å². The lowest BCUT2D eigenvalue weighted by molar-refractivity contribution is -0.135. The molecular weight excluding hydrogens is 434 g/mol. The SMILES string of the molecule is CCOC(=O)C=c1sc(=Cc2ccsc2)c(=O)n1CC(=O)Nc1ccc(F)cc1F. The highest BCUT2D eigenvalue weighted by molar-refractivity contribution is 7.08. The van der Waals surface area contributed by atoms with Crippen LogP contribution in [0.1, 0.15) is 12.5 Å². The van der Waals surface area contributed by atoms with Crippen LogP contribution in [-0.4, -0.2) is 23.1 Å². The molecule has 0 spiro atoms. The summed E-state index contributed by atoms with van der Waals surface area (Å²) >= 11 is 2.49. The van der Waals surface area contributed by atoms with Crippen LogP contribution in [0, 0.1) is 11.6 Å². The van der Waals surface area contributed by atoms with Crippen LogP contribution in [0.2, 0.25) is 0 Å². The average Bonchev–Trinajstić information content (AvgIpc) is 3.29. The van der Waals surface area contributed by atoms with Gasteiger partial charge in [0.15, 0.2) is 0 Å². The number of nitrogens with one attached hydrogen (secondary N) is 1. The Kier molecular flexibility index (Phi) is 6.91. The number of rotatable bonds is 6. The first-order valence-electron chi connectivity index (χ1n) is 8.74. The molecule has 0 aliphatic rings. The highest BCUT2D eigenvalue weighted by Crippen LogP contribution is 2.14. The molecule has 3 rings (SSSR count). The Balaban J connectivity index is 1.97. The monoisotopic (exact) mass is 450 g/mol. The molecule has 0 saturated heterocycles. The summed E-state index contributed by atoms with van der Waals surface area (Å²) in [6, 6.07) is 4.55. The summed E-state index contributed by atoms with van der Waals surface area (Å²) in [4.78, 5) is 37.1. The van der Waals surface area contributed by atoms with Gasteiger partial charge in [-0.25, -0.2) is 13.6 Å². The summed E-state index contributed by atoms with van der Waals surface area (Å²) in [7, 11) is 0. The number of benzene rings is 1. The van der Waals surface area contributed by atoms with Crippen molar-refractivity contribution < 1.29 is 23.1 Å². The maximum absolute atomic E-state index is 13.8. The third-order valence-electron chi connectivity index (χ3n) is 3.81. The third kappa shape index (κ3) is 5.28. The van der Waals surface area contributed by atoms with Crippen LogP contribution in [0.15, 0.2) is 39.8 Å². The van der Waals surface area contributed by atoms with Crippen LogP contribution in [0.25, 0.3) is 12.2 Å². The van der Waals surface area contributed by atoms with E-state index in [4.69, 9.17) is 4.74 Å². The Bertz CT molecular complexity index is 1250. The van der Waals surface area contributed by atoms with Crippen LogP contribution in [-0.2, 0) is 20.9 Å². The molecule has 0 unspecified atom stereocenters. The number of carbonyl (C=O) groups is 2. The van der Waals surface area contributed by atoms with E-state index >= 15 is 0 Å². The van der Waals surface area contributed by atoms with Crippen LogP contribution >= 0.6 is 22.7 Å². The molecular formula is C20H16F2N2O4S2. The molecule has 10 heteroatoms. The molecule has 0 bridgehead atoms. The average molecular weight is 450 g/mol. The van der Waals surface area contributed by atoms with Crippen molar-refractivity contribution in [3.8, 4) is 0 Å². The van der Waals surface area contributed by atoms with Gasteiger partial charge in [-0.15, -0.1) is 11.3 Å². The number of halogens is 2. The largest absolute Gasteiger partial charge is 0.463 e. The molecule has 2 aromatic heterocycles. The lowest BCUT2D eigenvalue weighted by atomic mass is 10.3. The zero-order chi connectivity index (χ0) is 21.7. The Morgan fingerprint density at radius 1 is 1.27 bits per heavy atom. The highest BCUT2D eigenvalue weighted by atomic mass is 32.1. The van der Waals surface area contributed by atoms with Crippen molar-refractivity contribution in [2.45, 2.75) is 13.5 Å². The molecule has 3 aromatic rings. The van der Waals surface area contributed by atoms with E-state index in [0.29, 0.717) is 10.6 Å². The Labute approximate surface area is 177 Å². The number of ether oxygens (including phenoxy) is 1. The molecule has 156 valence electrons. The van der Waals surface area contributed by atoms with Crippen molar-refractivity contribution in [2.75, 3.05) is 11.9 Å². The molecule has 0 radical (unpaired) electrons. The number of aromatic nitrogens is 1. The van der Waals surface area contributed by atoms with Gasteiger partial charge >= 0.3 is 5.97 Å². The van der Waals surface area contributed by atoms with E-state index in [2.05, 4.69) is 5.32 Å². The smallest absolute Gasteiger partial charge is 0.333 e. The molecule has 30 heavy (non-hydrogen) atoms. The molecule has 6 nitrogen and oxygen atoms in total.